The summed E-state index contributed by atoms with van der Waals surface area (Å²) in [6.07, 6.45) is 0.852. The molecule has 1 aliphatic carbocycles. The Morgan fingerprint density at radius 1 is 1.47 bits per heavy atom. The molecule has 94 valence electrons. The van der Waals surface area contributed by atoms with E-state index in [1.807, 2.05) is 0 Å². The number of carbonyl (C=O) groups excluding carboxylic acids is 1. The van der Waals surface area contributed by atoms with Crippen LogP contribution in [0.1, 0.15) is 19.3 Å². The van der Waals surface area contributed by atoms with Crippen molar-refractivity contribution in [3.63, 3.8) is 0 Å². The molecule has 2 rings (SSSR count). The number of dihydropyridines is 1. The maximum Gasteiger partial charge on any atom is 0.416 e. The molecule has 0 saturated heterocycles. The summed E-state index contributed by atoms with van der Waals surface area (Å²) in [5.41, 5.74) is 2.38. The lowest BCUT2D eigenvalue weighted by atomic mass is 9.65. The maximum absolute atomic E-state index is 13.3. The van der Waals surface area contributed by atoms with Crippen molar-refractivity contribution in [3.8, 4) is 0 Å². The van der Waals surface area contributed by atoms with Crippen molar-refractivity contribution in [1.29, 1.82) is 0 Å². The number of allylic oxidation sites excluding steroid dienone is 2. The van der Waals surface area contributed by atoms with E-state index in [9.17, 15) is 18.0 Å². The highest BCUT2D eigenvalue weighted by molar-refractivity contribution is 5.95. The number of nitrogens with one attached hydrogen (secondary N) is 1. The fourth-order valence-electron chi connectivity index (χ4n) is 2.45. The average molecular weight is 246 g/mol. The molecule has 17 heavy (non-hydrogen) atoms. The Hall–Kier alpha value is -1.46. The molecule has 0 aromatic rings. The lowest BCUT2D eigenvalue weighted by Gasteiger charge is -2.47. The van der Waals surface area contributed by atoms with Crippen molar-refractivity contribution in [2.24, 2.45) is 11.7 Å². The first-order valence-corrected chi connectivity index (χ1v) is 5.41. The quantitative estimate of drug-likeness (QED) is 0.777. The predicted octanol–water partition coefficient (Wildman–Crippen LogP) is 1.62. The minimum Gasteiger partial charge on any atom is -0.373 e. The van der Waals surface area contributed by atoms with E-state index in [4.69, 9.17) is 5.73 Å². The maximum atomic E-state index is 13.3. The van der Waals surface area contributed by atoms with E-state index in [1.165, 1.54) is 12.3 Å². The highest BCUT2D eigenvalue weighted by Crippen LogP contribution is 2.50. The third-order valence-electron chi connectivity index (χ3n) is 3.53. The number of carbonyl (C=O) groups is 1. The van der Waals surface area contributed by atoms with Crippen LogP contribution in [0.4, 0.5) is 13.2 Å². The van der Waals surface area contributed by atoms with Gasteiger partial charge in [-0.2, -0.15) is 13.2 Å². The van der Waals surface area contributed by atoms with Gasteiger partial charge >= 0.3 is 6.18 Å². The average Bonchev–Trinajstić information content (AvgIpc) is 2.13. The summed E-state index contributed by atoms with van der Waals surface area (Å²) in [5, 5.41) is 2.33. The highest BCUT2D eigenvalue weighted by Gasteiger charge is 2.63. The van der Waals surface area contributed by atoms with Crippen LogP contribution in [0.25, 0.3) is 0 Å². The van der Waals surface area contributed by atoms with E-state index in [1.54, 1.807) is 0 Å². The van der Waals surface area contributed by atoms with E-state index in [-0.39, 0.29) is 0 Å². The standard InChI is InChI=1S/C11H13F3N2O/c12-11(13,14)10(7-3-1-4-7)8(9(15)17)5-2-6-16-10/h2,5-7,16H,1,3-4H2,(H2,15,17). The predicted molar refractivity (Wildman–Crippen MR) is 55.7 cm³/mol. The van der Waals surface area contributed by atoms with Crippen LogP contribution in [0, 0.1) is 5.92 Å². The van der Waals surface area contributed by atoms with Gasteiger partial charge in [-0.3, -0.25) is 4.79 Å². The van der Waals surface area contributed by atoms with Gasteiger partial charge in [0, 0.05) is 0 Å². The van der Waals surface area contributed by atoms with E-state index < -0.39 is 29.1 Å². The van der Waals surface area contributed by atoms with Gasteiger partial charge in [0.15, 0.2) is 5.54 Å². The monoisotopic (exact) mass is 246 g/mol. The zero-order chi connectivity index (χ0) is 12.7. The summed E-state index contributed by atoms with van der Waals surface area (Å²) in [4.78, 5) is 11.2. The van der Waals surface area contributed by atoms with E-state index in [0.717, 1.165) is 12.5 Å². The number of primary amides is 1. The van der Waals surface area contributed by atoms with Gasteiger partial charge in [0.1, 0.15) is 0 Å². The molecule has 3 N–H and O–H groups in total. The number of hydrogen-bond donors (Lipinski definition) is 2. The Labute approximate surface area is 96.5 Å². The summed E-state index contributed by atoms with van der Waals surface area (Å²) in [5.74, 6) is -1.64. The molecule has 1 heterocycles. The first-order valence-electron chi connectivity index (χ1n) is 5.41. The van der Waals surface area contributed by atoms with Gasteiger partial charge in [-0.1, -0.05) is 6.42 Å². The van der Waals surface area contributed by atoms with Crippen molar-refractivity contribution in [3.05, 3.63) is 23.9 Å². The molecule has 1 amide bonds. The van der Waals surface area contributed by atoms with Crippen molar-refractivity contribution >= 4 is 5.91 Å². The largest absolute Gasteiger partial charge is 0.416 e. The Balaban J connectivity index is 2.49. The van der Waals surface area contributed by atoms with E-state index in [0.29, 0.717) is 12.8 Å². The zero-order valence-corrected chi connectivity index (χ0v) is 9.05. The number of alkyl halides is 3. The minimum absolute atomic E-state index is 0.391. The number of hydrogen-bond acceptors (Lipinski definition) is 2. The minimum atomic E-state index is -4.54. The molecular weight excluding hydrogens is 233 g/mol. The Morgan fingerprint density at radius 3 is 2.53 bits per heavy atom. The zero-order valence-electron chi connectivity index (χ0n) is 9.05. The molecule has 0 radical (unpaired) electrons. The van der Waals surface area contributed by atoms with Crippen LogP contribution in [0.3, 0.4) is 0 Å². The lowest BCUT2D eigenvalue weighted by molar-refractivity contribution is -0.205. The molecule has 2 aliphatic rings. The smallest absolute Gasteiger partial charge is 0.373 e. The molecule has 3 nitrogen and oxygen atoms in total. The van der Waals surface area contributed by atoms with Crippen molar-refractivity contribution in [2.45, 2.75) is 31.0 Å². The number of nitrogens with two attached hydrogens (primary N) is 1. The van der Waals surface area contributed by atoms with Gasteiger partial charge in [-0.05, 0) is 37.1 Å². The Kier molecular flexibility index (Phi) is 2.67. The van der Waals surface area contributed by atoms with Crippen LogP contribution in [0.2, 0.25) is 0 Å². The number of halogens is 3. The molecule has 0 aromatic carbocycles. The summed E-state index contributed by atoms with van der Waals surface area (Å²) >= 11 is 0. The van der Waals surface area contributed by atoms with Gasteiger partial charge in [-0.15, -0.1) is 0 Å². The summed E-state index contributed by atoms with van der Waals surface area (Å²) in [6, 6.07) is 0. The van der Waals surface area contributed by atoms with Crippen LogP contribution in [0.5, 0.6) is 0 Å². The molecule has 6 heteroatoms. The van der Waals surface area contributed by atoms with Crippen LogP contribution in [-0.4, -0.2) is 17.6 Å². The van der Waals surface area contributed by atoms with Crippen LogP contribution in [-0.2, 0) is 4.79 Å². The second-order valence-electron chi connectivity index (χ2n) is 4.38. The molecule has 1 atom stereocenters. The second kappa shape index (κ2) is 3.78. The van der Waals surface area contributed by atoms with E-state index in [2.05, 4.69) is 5.32 Å². The number of rotatable bonds is 2. The normalized spacial score (nSPS) is 29.2. The molecule has 1 aliphatic heterocycles. The molecule has 1 saturated carbocycles. The van der Waals surface area contributed by atoms with Crippen LogP contribution in [0.15, 0.2) is 23.9 Å². The summed E-state index contributed by atoms with van der Waals surface area (Å²) < 4.78 is 40.0. The van der Waals surface area contributed by atoms with Gasteiger partial charge in [-0.25, -0.2) is 0 Å². The van der Waals surface area contributed by atoms with Crippen LogP contribution < -0.4 is 11.1 Å². The molecule has 0 spiro atoms. The fraction of sp³-hybridized carbons (Fsp3) is 0.545. The summed E-state index contributed by atoms with van der Waals surface area (Å²) in [7, 11) is 0. The van der Waals surface area contributed by atoms with Crippen molar-refractivity contribution in [2.75, 3.05) is 0 Å². The van der Waals surface area contributed by atoms with Gasteiger partial charge in [0.25, 0.3) is 0 Å². The molecular formula is C11H13F3N2O. The SMILES string of the molecule is NC(=O)C1=CC=CNC1(C1CCC1)C(F)(F)F. The van der Waals surface area contributed by atoms with Crippen molar-refractivity contribution in [1.82, 2.24) is 5.32 Å². The third kappa shape index (κ3) is 1.62. The van der Waals surface area contributed by atoms with Crippen LogP contribution >= 0.6 is 0 Å². The molecule has 1 fully saturated rings. The summed E-state index contributed by atoms with van der Waals surface area (Å²) in [6.45, 7) is 0. The van der Waals surface area contributed by atoms with Gasteiger partial charge < -0.3 is 11.1 Å². The van der Waals surface area contributed by atoms with Gasteiger partial charge in [0.05, 0.1) is 5.57 Å². The topological polar surface area (TPSA) is 55.1 Å². The number of amides is 1. The molecule has 0 aromatic heterocycles. The molecule has 0 bridgehead atoms. The third-order valence-corrected chi connectivity index (χ3v) is 3.53. The van der Waals surface area contributed by atoms with Gasteiger partial charge in [0.2, 0.25) is 5.91 Å². The first kappa shape index (κ1) is 12.0. The lowest BCUT2D eigenvalue weighted by Crippen LogP contribution is -2.65. The Morgan fingerprint density at radius 2 is 2.12 bits per heavy atom. The van der Waals surface area contributed by atoms with E-state index >= 15 is 0 Å². The Bertz CT molecular complexity index is 396. The molecule has 1 unspecified atom stereocenters. The van der Waals surface area contributed by atoms with Crippen molar-refractivity contribution < 1.29 is 18.0 Å². The highest BCUT2D eigenvalue weighted by atomic mass is 19.4. The second-order valence-corrected chi connectivity index (χ2v) is 4.38. The first-order chi connectivity index (χ1) is 7.89. The fourth-order valence-corrected chi connectivity index (χ4v) is 2.45.